The van der Waals surface area contributed by atoms with Crippen molar-refractivity contribution in [3.8, 4) is 6.07 Å². The monoisotopic (exact) mass is 243 g/mol. The number of nitriles is 1. The Kier molecular flexibility index (Phi) is 3.27. The van der Waals surface area contributed by atoms with Crippen LogP contribution in [-0.2, 0) is 11.0 Å². The fourth-order valence-electron chi connectivity index (χ4n) is 1.30. The summed E-state index contributed by atoms with van der Waals surface area (Å²) in [5, 5.41) is 8.67. The molecule has 0 heterocycles. The Morgan fingerprint density at radius 2 is 2.00 bits per heavy atom. The van der Waals surface area contributed by atoms with Crippen LogP contribution in [0.15, 0.2) is 18.2 Å². The first-order valence-corrected chi connectivity index (χ1v) is 4.43. The maximum Gasteiger partial charge on any atom is 0.416 e. The van der Waals surface area contributed by atoms with Gasteiger partial charge < -0.3 is 11.5 Å². The highest BCUT2D eigenvalue weighted by atomic mass is 19.4. The summed E-state index contributed by atoms with van der Waals surface area (Å²) in [5.74, 6) is -2.31. The molecule has 1 rings (SSSR count). The first-order valence-electron chi connectivity index (χ1n) is 4.43. The second-order valence-electron chi connectivity index (χ2n) is 3.31. The Morgan fingerprint density at radius 3 is 2.35 bits per heavy atom. The number of benzene rings is 1. The van der Waals surface area contributed by atoms with Crippen molar-refractivity contribution in [1.82, 2.24) is 0 Å². The fraction of sp³-hybridized carbons (Fsp3) is 0.200. The summed E-state index contributed by atoms with van der Waals surface area (Å²) >= 11 is 0. The molecule has 0 aromatic heterocycles. The van der Waals surface area contributed by atoms with Crippen LogP contribution >= 0.6 is 0 Å². The number of primary amides is 1. The van der Waals surface area contributed by atoms with Crippen molar-refractivity contribution in [2.24, 2.45) is 5.73 Å². The molecule has 0 saturated carbocycles. The van der Waals surface area contributed by atoms with Gasteiger partial charge in [-0.1, -0.05) is 6.07 Å². The highest BCUT2D eigenvalue weighted by Crippen LogP contribution is 2.33. The summed E-state index contributed by atoms with van der Waals surface area (Å²) in [6.45, 7) is 0. The third kappa shape index (κ3) is 2.66. The van der Waals surface area contributed by atoms with Crippen molar-refractivity contribution in [3.05, 3.63) is 29.3 Å². The molecule has 0 aliphatic rings. The Morgan fingerprint density at radius 1 is 1.41 bits per heavy atom. The standard InChI is InChI=1S/C10H8F3N3O/c11-10(12,13)5-1-2-6(8(15)3-5)7(4-14)9(16)17/h1-3,7H,15H2,(H2,16,17). The Hall–Kier alpha value is -2.23. The lowest BCUT2D eigenvalue weighted by Crippen LogP contribution is -2.21. The molecule has 7 heteroatoms. The van der Waals surface area contributed by atoms with Gasteiger partial charge in [-0.25, -0.2) is 0 Å². The van der Waals surface area contributed by atoms with Crippen LogP contribution in [0.3, 0.4) is 0 Å². The molecule has 4 nitrogen and oxygen atoms in total. The van der Waals surface area contributed by atoms with Gasteiger partial charge in [0.15, 0.2) is 5.92 Å². The molecule has 4 N–H and O–H groups in total. The summed E-state index contributed by atoms with van der Waals surface area (Å²) in [6, 6.07) is 3.98. The van der Waals surface area contributed by atoms with Gasteiger partial charge in [-0.15, -0.1) is 0 Å². The van der Waals surface area contributed by atoms with Gasteiger partial charge in [-0.2, -0.15) is 18.4 Å². The number of rotatable bonds is 2. The Labute approximate surface area is 94.6 Å². The number of amides is 1. The zero-order chi connectivity index (χ0) is 13.2. The Bertz CT molecular complexity index is 491. The topological polar surface area (TPSA) is 92.9 Å². The summed E-state index contributed by atoms with van der Waals surface area (Å²) < 4.78 is 37.0. The van der Waals surface area contributed by atoms with Gasteiger partial charge >= 0.3 is 6.18 Å². The second-order valence-corrected chi connectivity index (χ2v) is 3.31. The number of hydrogen-bond acceptors (Lipinski definition) is 3. The van der Waals surface area contributed by atoms with Gasteiger partial charge in [0.25, 0.3) is 0 Å². The number of hydrogen-bond donors (Lipinski definition) is 2. The number of alkyl halides is 3. The van der Waals surface area contributed by atoms with E-state index < -0.39 is 23.6 Å². The number of carbonyl (C=O) groups is 1. The zero-order valence-corrected chi connectivity index (χ0v) is 8.45. The van der Waals surface area contributed by atoms with Crippen LogP contribution in [0.4, 0.5) is 18.9 Å². The number of anilines is 1. The summed E-state index contributed by atoms with van der Waals surface area (Å²) in [6.07, 6.45) is -4.53. The second kappa shape index (κ2) is 4.33. The molecule has 0 aliphatic heterocycles. The lowest BCUT2D eigenvalue weighted by Gasteiger charge is -2.12. The van der Waals surface area contributed by atoms with E-state index in [0.29, 0.717) is 6.07 Å². The van der Waals surface area contributed by atoms with Crippen molar-refractivity contribution < 1.29 is 18.0 Å². The van der Waals surface area contributed by atoms with E-state index in [1.54, 1.807) is 6.07 Å². The minimum atomic E-state index is -4.53. The molecular weight excluding hydrogens is 235 g/mol. The van der Waals surface area contributed by atoms with Crippen molar-refractivity contribution >= 4 is 11.6 Å². The Balaban J connectivity index is 3.24. The molecule has 17 heavy (non-hydrogen) atoms. The molecule has 0 fully saturated rings. The number of carbonyl (C=O) groups excluding carboxylic acids is 1. The first-order chi connectivity index (χ1) is 7.77. The van der Waals surface area contributed by atoms with Gasteiger partial charge in [0.05, 0.1) is 11.6 Å². The van der Waals surface area contributed by atoms with Crippen LogP contribution < -0.4 is 11.5 Å². The molecule has 1 unspecified atom stereocenters. The number of nitrogens with two attached hydrogens (primary N) is 2. The van der Waals surface area contributed by atoms with Crippen LogP contribution in [0, 0.1) is 11.3 Å². The van der Waals surface area contributed by atoms with Gasteiger partial charge in [-0.05, 0) is 12.1 Å². The van der Waals surface area contributed by atoms with Crippen LogP contribution in [0.1, 0.15) is 17.0 Å². The number of nitrogens with zero attached hydrogens (tertiary/aromatic N) is 1. The van der Waals surface area contributed by atoms with E-state index in [2.05, 4.69) is 0 Å². The third-order valence-corrected chi connectivity index (χ3v) is 2.14. The minimum Gasteiger partial charge on any atom is -0.398 e. The summed E-state index contributed by atoms with van der Waals surface area (Å²) in [7, 11) is 0. The average Bonchev–Trinajstić information content (AvgIpc) is 2.19. The third-order valence-electron chi connectivity index (χ3n) is 2.14. The quantitative estimate of drug-likeness (QED) is 0.768. The van der Waals surface area contributed by atoms with Crippen LogP contribution in [-0.4, -0.2) is 5.91 Å². The van der Waals surface area contributed by atoms with E-state index >= 15 is 0 Å². The first kappa shape index (κ1) is 12.8. The zero-order valence-electron chi connectivity index (χ0n) is 8.45. The summed E-state index contributed by atoms with van der Waals surface area (Å²) in [5.41, 5.74) is 9.05. The highest BCUT2D eigenvalue weighted by molar-refractivity contribution is 5.86. The van der Waals surface area contributed by atoms with Gasteiger partial charge in [0, 0.05) is 11.3 Å². The van der Waals surface area contributed by atoms with Crippen LogP contribution in [0.5, 0.6) is 0 Å². The highest BCUT2D eigenvalue weighted by Gasteiger charge is 2.31. The molecular formula is C10H8F3N3O. The van der Waals surface area contributed by atoms with Crippen molar-refractivity contribution in [3.63, 3.8) is 0 Å². The normalized spacial score (nSPS) is 12.8. The van der Waals surface area contributed by atoms with Gasteiger partial charge in [-0.3, -0.25) is 4.79 Å². The number of nitrogen functional groups attached to an aromatic ring is 1. The van der Waals surface area contributed by atoms with E-state index in [9.17, 15) is 18.0 Å². The van der Waals surface area contributed by atoms with Crippen molar-refractivity contribution in [2.75, 3.05) is 5.73 Å². The molecule has 1 aromatic rings. The SMILES string of the molecule is N#CC(C(N)=O)c1ccc(C(F)(F)F)cc1N. The van der Waals surface area contributed by atoms with Crippen LogP contribution in [0.2, 0.25) is 0 Å². The fourth-order valence-corrected chi connectivity index (χ4v) is 1.30. The molecule has 0 radical (unpaired) electrons. The van der Waals surface area contributed by atoms with E-state index in [1.807, 2.05) is 0 Å². The molecule has 0 bridgehead atoms. The molecule has 0 saturated heterocycles. The molecule has 90 valence electrons. The average molecular weight is 243 g/mol. The van der Waals surface area contributed by atoms with Crippen molar-refractivity contribution in [1.29, 1.82) is 5.26 Å². The summed E-state index contributed by atoms with van der Waals surface area (Å²) in [4.78, 5) is 10.9. The molecule has 0 spiro atoms. The smallest absolute Gasteiger partial charge is 0.398 e. The van der Waals surface area contributed by atoms with Gasteiger partial charge in [0.1, 0.15) is 0 Å². The molecule has 1 aromatic carbocycles. The predicted molar refractivity (Wildman–Crippen MR) is 53.4 cm³/mol. The molecule has 1 amide bonds. The van der Waals surface area contributed by atoms with E-state index in [0.717, 1.165) is 12.1 Å². The van der Waals surface area contributed by atoms with Crippen LogP contribution in [0.25, 0.3) is 0 Å². The number of halogens is 3. The van der Waals surface area contributed by atoms with Gasteiger partial charge in [0.2, 0.25) is 5.91 Å². The molecule has 0 aliphatic carbocycles. The minimum absolute atomic E-state index is 0.0204. The lowest BCUT2D eigenvalue weighted by molar-refractivity contribution is -0.137. The predicted octanol–water partition coefficient (Wildman–Crippen LogP) is 1.38. The maximum absolute atomic E-state index is 12.3. The van der Waals surface area contributed by atoms with Crippen molar-refractivity contribution in [2.45, 2.75) is 12.1 Å². The lowest BCUT2D eigenvalue weighted by atomic mass is 9.96. The van der Waals surface area contributed by atoms with E-state index in [4.69, 9.17) is 16.7 Å². The molecule has 1 atom stereocenters. The maximum atomic E-state index is 12.3. The van der Waals surface area contributed by atoms with E-state index in [-0.39, 0.29) is 11.3 Å². The van der Waals surface area contributed by atoms with E-state index in [1.165, 1.54) is 0 Å². The largest absolute Gasteiger partial charge is 0.416 e.